The Morgan fingerprint density at radius 3 is 2.71 bits per heavy atom. The summed E-state index contributed by atoms with van der Waals surface area (Å²) >= 11 is 1.59. The number of hydrogen-bond acceptors (Lipinski definition) is 6. The Bertz CT molecular complexity index is 991. The van der Waals surface area contributed by atoms with Crippen LogP contribution in [0.4, 0.5) is 5.69 Å². The average molecular weight is 391 g/mol. The molecule has 2 heterocycles. The van der Waals surface area contributed by atoms with Crippen LogP contribution in [-0.4, -0.2) is 27.2 Å². The molecular formula is C22H22N4OS. The minimum Gasteiger partial charge on any atom is -0.448 e. The number of benzene rings is 2. The van der Waals surface area contributed by atoms with E-state index in [1.165, 1.54) is 0 Å². The third kappa shape index (κ3) is 4.02. The summed E-state index contributed by atoms with van der Waals surface area (Å²) in [5, 5.41) is 12.8. The average Bonchev–Trinajstić information content (AvgIpc) is 2.89. The molecule has 0 amide bonds. The van der Waals surface area contributed by atoms with Crippen molar-refractivity contribution in [2.24, 2.45) is 0 Å². The lowest BCUT2D eigenvalue weighted by Gasteiger charge is -2.20. The van der Waals surface area contributed by atoms with Gasteiger partial charge in [0, 0.05) is 17.0 Å². The molecule has 0 saturated carbocycles. The number of fused-ring (bicyclic) bond motifs is 3. The maximum Gasteiger partial charge on any atom is 0.247 e. The molecule has 1 aliphatic rings. The molecule has 4 rings (SSSR count). The van der Waals surface area contributed by atoms with Crippen LogP contribution < -0.4 is 10.1 Å². The Kier molecular flexibility index (Phi) is 5.58. The van der Waals surface area contributed by atoms with Gasteiger partial charge in [0.05, 0.1) is 0 Å². The van der Waals surface area contributed by atoms with E-state index in [4.69, 9.17) is 4.74 Å². The van der Waals surface area contributed by atoms with E-state index in [-0.39, 0.29) is 6.23 Å². The standard InChI is InChI=1S/C22H22N4OS/c1-3-13-28-22-24-21-19(25-26-22)17-11-7-8-12-18(17)23-20(27-21)15(2)14-16-9-5-4-6-10-16/h4-12,14,20,23H,3,13H2,1-2H3/t20-/m1/s1. The molecule has 0 radical (unpaired) electrons. The first kappa shape index (κ1) is 18.5. The van der Waals surface area contributed by atoms with Crippen molar-refractivity contribution in [3.05, 3.63) is 65.7 Å². The van der Waals surface area contributed by atoms with Gasteiger partial charge in [-0.2, -0.15) is 4.98 Å². The summed E-state index contributed by atoms with van der Waals surface area (Å²) in [7, 11) is 0. The molecule has 1 atom stereocenters. The zero-order valence-electron chi connectivity index (χ0n) is 15.9. The van der Waals surface area contributed by atoms with Crippen LogP contribution in [0.1, 0.15) is 25.8 Å². The normalized spacial score (nSPS) is 15.6. The molecule has 3 aromatic rings. The molecule has 5 nitrogen and oxygen atoms in total. The second-order valence-electron chi connectivity index (χ2n) is 6.58. The van der Waals surface area contributed by atoms with Gasteiger partial charge in [-0.05, 0) is 30.5 Å². The molecular weight excluding hydrogens is 368 g/mol. The lowest BCUT2D eigenvalue weighted by Crippen LogP contribution is -2.27. The molecule has 6 heteroatoms. The fourth-order valence-corrected chi connectivity index (χ4v) is 3.63. The van der Waals surface area contributed by atoms with Gasteiger partial charge in [-0.1, -0.05) is 73.3 Å². The predicted molar refractivity (Wildman–Crippen MR) is 114 cm³/mol. The van der Waals surface area contributed by atoms with Gasteiger partial charge in [0.15, 0.2) is 11.9 Å². The summed E-state index contributed by atoms with van der Waals surface area (Å²) < 4.78 is 6.29. The molecule has 2 aromatic carbocycles. The number of anilines is 1. The van der Waals surface area contributed by atoms with E-state index in [1.807, 2.05) is 42.5 Å². The Hall–Kier alpha value is -2.86. The van der Waals surface area contributed by atoms with Crippen LogP contribution in [0.2, 0.25) is 0 Å². The van der Waals surface area contributed by atoms with Crippen LogP contribution in [0, 0.1) is 0 Å². The van der Waals surface area contributed by atoms with Gasteiger partial charge < -0.3 is 10.1 Å². The number of para-hydroxylation sites is 1. The molecule has 1 aliphatic heterocycles. The zero-order chi connectivity index (χ0) is 19.3. The van der Waals surface area contributed by atoms with E-state index in [2.05, 4.69) is 52.6 Å². The minimum atomic E-state index is -0.344. The van der Waals surface area contributed by atoms with Gasteiger partial charge in [0.25, 0.3) is 0 Å². The number of nitrogens with zero attached hydrogens (tertiary/aromatic N) is 3. The number of aromatic nitrogens is 3. The Morgan fingerprint density at radius 2 is 1.89 bits per heavy atom. The fraction of sp³-hybridized carbons (Fsp3) is 0.227. The van der Waals surface area contributed by atoms with Crippen molar-refractivity contribution in [1.82, 2.24) is 15.2 Å². The summed E-state index contributed by atoms with van der Waals surface area (Å²) in [5.41, 5.74) is 4.74. The van der Waals surface area contributed by atoms with Crippen molar-refractivity contribution >= 4 is 23.5 Å². The topological polar surface area (TPSA) is 59.9 Å². The number of hydrogen-bond donors (Lipinski definition) is 1. The fourth-order valence-electron chi connectivity index (χ4n) is 3.00. The van der Waals surface area contributed by atoms with Gasteiger partial charge in [-0.15, -0.1) is 10.2 Å². The van der Waals surface area contributed by atoms with Gasteiger partial charge in [0.2, 0.25) is 11.0 Å². The van der Waals surface area contributed by atoms with Crippen molar-refractivity contribution in [1.29, 1.82) is 0 Å². The highest BCUT2D eigenvalue weighted by Gasteiger charge is 2.25. The predicted octanol–water partition coefficient (Wildman–Crippen LogP) is 5.27. The van der Waals surface area contributed by atoms with Gasteiger partial charge in [-0.3, -0.25) is 0 Å². The van der Waals surface area contributed by atoms with Crippen molar-refractivity contribution in [3.63, 3.8) is 0 Å². The molecule has 0 bridgehead atoms. The minimum absolute atomic E-state index is 0.344. The van der Waals surface area contributed by atoms with Crippen molar-refractivity contribution in [2.45, 2.75) is 31.7 Å². The second-order valence-corrected chi connectivity index (χ2v) is 7.65. The molecule has 142 valence electrons. The maximum atomic E-state index is 6.29. The number of rotatable bonds is 5. The number of nitrogens with one attached hydrogen (secondary N) is 1. The molecule has 1 N–H and O–H groups in total. The molecule has 0 fully saturated rings. The van der Waals surface area contributed by atoms with E-state index < -0.39 is 0 Å². The third-order valence-electron chi connectivity index (χ3n) is 4.38. The largest absolute Gasteiger partial charge is 0.448 e. The SMILES string of the molecule is CCCSc1nnc2c(n1)O[C@H](C(C)=Cc1ccccc1)Nc1ccccc1-2. The van der Waals surface area contributed by atoms with E-state index in [0.29, 0.717) is 16.7 Å². The van der Waals surface area contributed by atoms with Gasteiger partial charge in [-0.25, -0.2) is 0 Å². The Morgan fingerprint density at radius 1 is 1.11 bits per heavy atom. The van der Waals surface area contributed by atoms with Gasteiger partial charge >= 0.3 is 0 Å². The van der Waals surface area contributed by atoms with Crippen molar-refractivity contribution in [2.75, 3.05) is 11.1 Å². The van der Waals surface area contributed by atoms with Gasteiger partial charge in [0.1, 0.15) is 0 Å². The Labute approximate surface area is 169 Å². The molecule has 28 heavy (non-hydrogen) atoms. The number of ether oxygens (including phenoxy) is 1. The van der Waals surface area contributed by atoms with Crippen LogP contribution in [0.5, 0.6) is 5.88 Å². The molecule has 0 spiro atoms. The van der Waals surface area contributed by atoms with Crippen molar-refractivity contribution < 1.29 is 4.74 Å². The van der Waals surface area contributed by atoms with E-state index in [0.717, 1.165) is 34.6 Å². The highest BCUT2D eigenvalue weighted by molar-refractivity contribution is 7.99. The quantitative estimate of drug-likeness (QED) is 0.599. The molecule has 0 saturated heterocycles. The Balaban J connectivity index is 1.73. The van der Waals surface area contributed by atoms with Crippen molar-refractivity contribution in [3.8, 4) is 17.1 Å². The molecule has 0 unspecified atom stereocenters. The first-order valence-corrected chi connectivity index (χ1v) is 10.4. The summed E-state index contributed by atoms with van der Waals surface area (Å²) in [6.07, 6.45) is 2.83. The van der Waals surface area contributed by atoms with Crippen LogP contribution in [0.15, 0.2) is 65.3 Å². The molecule has 1 aromatic heterocycles. The summed E-state index contributed by atoms with van der Waals surface area (Å²) in [6, 6.07) is 18.2. The van der Waals surface area contributed by atoms with E-state index in [1.54, 1.807) is 11.8 Å². The van der Waals surface area contributed by atoms with E-state index in [9.17, 15) is 0 Å². The maximum absolute atomic E-state index is 6.29. The first-order valence-electron chi connectivity index (χ1n) is 9.38. The smallest absolute Gasteiger partial charge is 0.247 e. The zero-order valence-corrected chi connectivity index (χ0v) is 16.7. The third-order valence-corrected chi connectivity index (χ3v) is 5.42. The van der Waals surface area contributed by atoms with Crippen LogP contribution in [-0.2, 0) is 0 Å². The first-order chi connectivity index (χ1) is 13.7. The van der Waals surface area contributed by atoms with Crippen LogP contribution in [0.3, 0.4) is 0 Å². The summed E-state index contributed by atoms with van der Waals surface area (Å²) in [4.78, 5) is 4.65. The lowest BCUT2D eigenvalue weighted by molar-refractivity contribution is 0.255. The van der Waals surface area contributed by atoms with E-state index >= 15 is 0 Å². The highest BCUT2D eigenvalue weighted by Crippen LogP contribution is 2.37. The number of thioether (sulfide) groups is 1. The lowest BCUT2D eigenvalue weighted by atomic mass is 10.1. The highest BCUT2D eigenvalue weighted by atomic mass is 32.2. The molecule has 0 aliphatic carbocycles. The second kappa shape index (κ2) is 8.44. The monoisotopic (exact) mass is 390 g/mol. The van der Waals surface area contributed by atoms with Crippen LogP contribution in [0.25, 0.3) is 17.3 Å². The summed E-state index contributed by atoms with van der Waals surface area (Å²) in [6.45, 7) is 4.19. The van der Waals surface area contributed by atoms with Crippen LogP contribution >= 0.6 is 11.8 Å². The summed E-state index contributed by atoms with van der Waals surface area (Å²) in [5.74, 6) is 1.46.